The number of esters is 1. The fourth-order valence-corrected chi connectivity index (χ4v) is 2.50. The van der Waals surface area contributed by atoms with E-state index in [1.807, 2.05) is 30.3 Å². The molecule has 0 aliphatic rings. The molecule has 1 amide bonds. The van der Waals surface area contributed by atoms with Crippen molar-refractivity contribution in [3.63, 3.8) is 0 Å². The summed E-state index contributed by atoms with van der Waals surface area (Å²) in [6.45, 7) is -0.0165. The number of rotatable bonds is 10. The molecule has 0 unspecified atom stereocenters. The van der Waals surface area contributed by atoms with Gasteiger partial charge in [0.05, 0.1) is 21.3 Å². The largest absolute Gasteiger partial charge is 0.497 e. The van der Waals surface area contributed by atoms with Gasteiger partial charge in [-0.05, 0) is 41.8 Å². The summed E-state index contributed by atoms with van der Waals surface area (Å²) >= 11 is 0. The van der Waals surface area contributed by atoms with Crippen LogP contribution in [0.3, 0.4) is 0 Å². The number of amides is 1. The number of benzene rings is 2. The van der Waals surface area contributed by atoms with Gasteiger partial charge < -0.3 is 24.3 Å². The van der Waals surface area contributed by atoms with Crippen molar-refractivity contribution in [2.45, 2.75) is 19.4 Å². The van der Waals surface area contributed by atoms with E-state index in [1.54, 1.807) is 33.5 Å². The average Bonchev–Trinajstić information content (AvgIpc) is 2.74. The van der Waals surface area contributed by atoms with Gasteiger partial charge in [-0.2, -0.15) is 0 Å². The Bertz CT molecular complexity index is 788. The van der Waals surface area contributed by atoms with Crippen LogP contribution in [0.5, 0.6) is 17.2 Å². The zero-order valence-electron chi connectivity index (χ0n) is 16.3. The van der Waals surface area contributed by atoms with Crippen LogP contribution in [0.4, 0.5) is 0 Å². The second-order valence-electron chi connectivity index (χ2n) is 5.97. The highest BCUT2D eigenvalue weighted by molar-refractivity contribution is 5.80. The molecule has 0 aromatic heterocycles. The number of nitrogens with one attached hydrogen (secondary N) is 1. The molecule has 0 spiro atoms. The first-order valence-electron chi connectivity index (χ1n) is 8.82. The molecule has 0 saturated heterocycles. The highest BCUT2D eigenvalue weighted by Gasteiger charge is 2.09. The van der Waals surface area contributed by atoms with Gasteiger partial charge in [0.25, 0.3) is 5.91 Å². The van der Waals surface area contributed by atoms with Gasteiger partial charge in [0, 0.05) is 13.0 Å². The van der Waals surface area contributed by atoms with E-state index in [2.05, 4.69) is 5.32 Å². The van der Waals surface area contributed by atoms with Crippen LogP contribution in [-0.4, -0.2) is 39.8 Å². The van der Waals surface area contributed by atoms with Gasteiger partial charge in [-0.15, -0.1) is 0 Å². The van der Waals surface area contributed by atoms with Crippen LogP contribution < -0.4 is 19.5 Å². The summed E-state index contributed by atoms with van der Waals surface area (Å²) in [5.41, 5.74) is 1.84. The lowest BCUT2D eigenvalue weighted by atomic mass is 10.1. The minimum absolute atomic E-state index is 0.204. The topological polar surface area (TPSA) is 83.1 Å². The second-order valence-corrected chi connectivity index (χ2v) is 5.97. The zero-order valence-corrected chi connectivity index (χ0v) is 16.3. The molecule has 0 atom stereocenters. The Morgan fingerprint density at radius 1 is 0.857 bits per heavy atom. The maximum Gasteiger partial charge on any atom is 0.306 e. The quantitative estimate of drug-likeness (QED) is 0.631. The average molecular weight is 387 g/mol. The van der Waals surface area contributed by atoms with Crippen LogP contribution in [0.2, 0.25) is 0 Å². The van der Waals surface area contributed by atoms with Crippen molar-refractivity contribution in [3.05, 3.63) is 53.6 Å². The number of carbonyl (C=O) groups excluding carboxylic acids is 2. The fraction of sp³-hybridized carbons (Fsp3) is 0.333. The third-order valence-electron chi connectivity index (χ3n) is 4.08. The van der Waals surface area contributed by atoms with Crippen molar-refractivity contribution in [1.29, 1.82) is 0 Å². The standard InChI is InChI=1S/C21H25NO6/c1-25-17-8-4-15(5-9-17)7-11-21(24)28-14-20(23)22-13-16-6-10-18(26-2)19(12-16)27-3/h4-6,8-10,12H,7,11,13-14H2,1-3H3,(H,22,23). The molecule has 0 aliphatic heterocycles. The van der Waals surface area contributed by atoms with Gasteiger partial charge in [0.1, 0.15) is 5.75 Å². The highest BCUT2D eigenvalue weighted by Crippen LogP contribution is 2.27. The normalized spacial score (nSPS) is 10.1. The number of methoxy groups -OCH3 is 3. The number of ether oxygens (including phenoxy) is 4. The van der Waals surface area contributed by atoms with Crippen LogP contribution >= 0.6 is 0 Å². The molecular weight excluding hydrogens is 362 g/mol. The van der Waals surface area contributed by atoms with Gasteiger partial charge in [0.15, 0.2) is 18.1 Å². The molecule has 150 valence electrons. The smallest absolute Gasteiger partial charge is 0.306 e. The molecule has 2 aromatic carbocycles. The summed E-state index contributed by atoms with van der Waals surface area (Å²) in [5.74, 6) is 1.17. The van der Waals surface area contributed by atoms with Crippen LogP contribution in [0.1, 0.15) is 17.5 Å². The van der Waals surface area contributed by atoms with E-state index in [4.69, 9.17) is 18.9 Å². The van der Waals surface area contributed by atoms with Gasteiger partial charge >= 0.3 is 5.97 Å². The molecule has 0 heterocycles. The lowest BCUT2D eigenvalue weighted by molar-refractivity contribution is -0.148. The molecule has 0 saturated carbocycles. The van der Waals surface area contributed by atoms with Gasteiger partial charge in [-0.25, -0.2) is 0 Å². The number of aryl methyl sites for hydroxylation is 1. The Labute approximate surface area is 164 Å². The number of hydrogen-bond donors (Lipinski definition) is 1. The monoisotopic (exact) mass is 387 g/mol. The molecule has 0 fully saturated rings. The lowest BCUT2D eigenvalue weighted by Crippen LogP contribution is -2.28. The summed E-state index contributed by atoms with van der Waals surface area (Å²) in [7, 11) is 4.70. The minimum Gasteiger partial charge on any atom is -0.497 e. The first kappa shape index (κ1) is 21.1. The molecular formula is C21H25NO6. The van der Waals surface area contributed by atoms with E-state index < -0.39 is 5.97 Å². The van der Waals surface area contributed by atoms with E-state index in [0.29, 0.717) is 24.5 Å². The molecule has 7 nitrogen and oxygen atoms in total. The lowest BCUT2D eigenvalue weighted by Gasteiger charge is -2.10. The highest BCUT2D eigenvalue weighted by atomic mass is 16.5. The van der Waals surface area contributed by atoms with Gasteiger partial charge in [0.2, 0.25) is 0 Å². The first-order valence-corrected chi connectivity index (χ1v) is 8.82. The second kappa shape index (κ2) is 10.8. The van der Waals surface area contributed by atoms with Crippen molar-refractivity contribution < 1.29 is 28.5 Å². The minimum atomic E-state index is -0.419. The van der Waals surface area contributed by atoms with Crippen LogP contribution in [0.25, 0.3) is 0 Å². The summed E-state index contributed by atoms with van der Waals surface area (Å²) in [6.07, 6.45) is 0.741. The fourth-order valence-electron chi connectivity index (χ4n) is 2.50. The van der Waals surface area contributed by atoms with E-state index in [9.17, 15) is 9.59 Å². The molecule has 0 aliphatic carbocycles. The zero-order chi connectivity index (χ0) is 20.4. The predicted octanol–water partition coefficient (Wildman–Crippen LogP) is 2.50. The Morgan fingerprint density at radius 2 is 1.54 bits per heavy atom. The Kier molecular flexibility index (Phi) is 8.14. The van der Waals surface area contributed by atoms with E-state index in [0.717, 1.165) is 16.9 Å². The molecule has 7 heteroatoms. The maximum absolute atomic E-state index is 11.9. The Hall–Kier alpha value is -3.22. The summed E-state index contributed by atoms with van der Waals surface area (Å²) in [5, 5.41) is 2.70. The van der Waals surface area contributed by atoms with Crippen molar-refractivity contribution in [2.75, 3.05) is 27.9 Å². The molecule has 2 aromatic rings. The van der Waals surface area contributed by atoms with E-state index in [1.165, 1.54) is 0 Å². The first-order chi connectivity index (χ1) is 13.5. The van der Waals surface area contributed by atoms with Crippen molar-refractivity contribution >= 4 is 11.9 Å². The van der Waals surface area contributed by atoms with Gasteiger partial charge in [-0.3, -0.25) is 9.59 Å². The van der Waals surface area contributed by atoms with Crippen molar-refractivity contribution in [1.82, 2.24) is 5.32 Å². The number of hydrogen-bond acceptors (Lipinski definition) is 6. The molecule has 0 radical (unpaired) electrons. The third kappa shape index (κ3) is 6.50. The van der Waals surface area contributed by atoms with Crippen molar-refractivity contribution in [3.8, 4) is 17.2 Å². The van der Waals surface area contributed by atoms with Gasteiger partial charge in [-0.1, -0.05) is 18.2 Å². The van der Waals surface area contributed by atoms with E-state index in [-0.39, 0.29) is 18.9 Å². The molecule has 2 rings (SSSR count). The molecule has 28 heavy (non-hydrogen) atoms. The predicted molar refractivity (Wildman–Crippen MR) is 104 cm³/mol. The maximum atomic E-state index is 11.9. The summed E-state index contributed by atoms with van der Waals surface area (Å²) in [6, 6.07) is 12.8. The van der Waals surface area contributed by atoms with Crippen molar-refractivity contribution in [2.24, 2.45) is 0 Å². The van der Waals surface area contributed by atoms with Crippen LogP contribution in [0.15, 0.2) is 42.5 Å². The number of carbonyl (C=O) groups is 2. The SMILES string of the molecule is COc1ccc(CCC(=O)OCC(=O)NCc2ccc(OC)c(OC)c2)cc1. The third-order valence-corrected chi connectivity index (χ3v) is 4.08. The van der Waals surface area contributed by atoms with Crippen LogP contribution in [-0.2, 0) is 27.3 Å². The van der Waals surface area contributed by atoms with E-state index >= 15 is 0 Å². The Morgan fingerprint density at radius 3 is 2.18 bits per heavy atom. The van der Waals surface area contributed by atoms with Crippen LogP contribution in [0, 0.1) is 0 Å². The molecule has 1 N–H and O–H groups in total. The summed E-state index contributed by atoms with van der Waals surface area (Å²) in [4.78, 5) is 23.7. The summed E-state index contributed by atoms with van der Waals surface area (Å²) < 4.78 is 20.5. The molecule has 0 bridgehead atoms. The Balaban J connectivity index is 1.70.